The van der Waals surface area contributed by atoms with Crippen LogP contribution in [0.15, 0.2) is 291 Å². The van der Waals surface area contributed by atoms with E-state index in [1.807, 2.05) is 0 Å². The van der Waals surface area contributed by atoms with E-state index in [2.05, 4.69) is 291 Å². The summed E-state index contributed by atoms with van der Waals surface area (Å²) in [6, 6.07) is 110. The molecule has 0 aliphatic rings. The Morgan fingerprint density at radius 3 is 1.06 bits per heavy atom. The average molecular weight is 1030 g/mol. The van der Waals surface area contributed by atoms with Crippen LogP contribution < -0.4 is 0 Å². The van der Waals surface area contributed by atoms with E-state index in [4.69, 9.17) is 0 Å². The second kappa shape index (κ2) is 17.4. The topological polar surface area (TPSA) is 0 Å². The molecule has 0 amide bonds. The van der Waals surface area contributed by atoms with Gasteiger partial charge in [-0.3, -0.25) is 0 Å². The second-order valence-corrected chi connectivity index (χ2v) is 22.6. The molecule has 18 aromatic rings. The molecule has 376 valence electrons. The maximum Gasteiger partial charge on any atom is -0.000718 e. The molecule has 18 rings (SSSR count). The molecule has 0 N–H and O–H groups in total. The van der Waals surface area contributed by atoms with Gasteiger partial charge in [-0.25, -0.2) is 0 Å². The fraction of sp³-hybridized carbons (Fsp3) is 0. The van der Waals surface area contributed by atoms with Crippen LogP contribution in [0.3, 0.4) is 0 Å². The van der Waals surface area contributed by atoms with E-state index in [9.17, 15) is 0 Å². The van der Waals surface area contributed by atoms with Crippen LogP contribution in [0.5, 0.6) is 0 Å². The first kappa shape index (κ1) is 45.2. The van der Waals surface area contributed by atoms with Crippen LogP contribution in [0.25, 0.3) is 186 Å². The molecule has 0 saturated heterocycles. The normalized spacial score (nSPS) is 12.1. The number of hydrogen-bond donors (Lipinski definition) is 0. The van der Waals surface area contributed by atoms with E-state index < -0.39 is 0 Å². The van der Waals surface area contributed by atoms with E-state index in [0.717, 1.165) is 0 Å². The zero-order valence-corrected chi connectivity index (χ0v) is 44.7. The third-order valence-corrected chi connectivity index (χ3v) is 18.1. The highest BCUT2D eigenvalue weighted by Gasteiger charge is 2.28. The van der Waals surface area contributed by atoms with E-state index >= 15 is 0 Å². The summed E-state index contributed by atoms with van der Waals surface area (Å²) in [4.78, 5) is 0. The molecule has 0 heterocycles. The molecule has 0 aliphatic heterocycles. The summed E-state index contributed by atoms with van der Waals surface area (Å²) >= 11 is 0. The van der Waals surface area contributed by atoms with Gasteiger partial charge >= 0.3 is 0 Å². The first-order chi connectivity index (χ1) is 40.6. The SMILES string of the molecule is c1ccc(-c2cc(-c3ccccc3)cc(-c3c4cc5c(cc4c(-c4cc(-c6ccccc6)cc(-c6ccccc6)c4)c4c6cc7ccccc7c7cccc(c34)c76)c3ccc4ccc6cc(-c7ccccc7)cc7cc5c3c4c67)c2)cc1. The number of rotatable bonds is 7. The molecule has 0 saturated carbocycles. The first-order valence-corrected chi connectivity index (χ1v) is 28.6. The van der Waals surface area contributed by atoms with Gasteiger partial charge in [0.2, 0.25) is 0 Å². The number of benzene rings is 16. The Bertz CT molecular complexity index is 5450. The maximum atomic E-state index is 2.61. The summed E-state index contributed by atoms with van der Waals surface area (Å²) in [6.07, 6.45) is 0. The lowest BCUT2D eigenvalue weighted by atomic mass is 9.83. The largest absolute Gasteiger partial charge is 0.0622 e. The van der Waals surface area contributed by atoms with Crippen molar-refractivity contribution in [3.63, 3.8) is 0 Å². The summed E-state index contributed by atoms with van der Waals surface area (Å²) in [5.41, 5.74) is 16.9. The van der Waals surface area contributed by atoms with Crippen molar-refractivity contribution < 1.29 is 0 Å². The van der Waals surface area contributed by atoms with Crippen LogP contribution >= 0.6 is 0 Å². The molecule has 0 atom stereocenters. The molecular formula is C82H48. The molecular weight excluding hydrogens is 985 g/mol. The minimum atomic E-state index is 1.19. The molecule has 0 heteroatoms. The van der Waals surface area contributed by atoms with Crippen molar-refractivity contribution >= 4 is 108 Å². The van der Waals surface area contributed by atoms with Gasteiger partial charge in [0.15, 0.2) is 0 Å². The zero-order valence-electron chi connectivity index (χ0n) is 44.7. The second-order valence-electron chi connectivity index (χ2n) is 22.6. The first-order valence-electron chi connectivity index (χ1n) is 28.6. The highest BCUT2D eigenvalue weighted by atomic mass is 14.3. The summed E-state index contributed by atoms with van der Waals surface area (Å²) < 4.78 is 0. The lowest BCUT2D eigenvalue weighted by Gasteiger charge is -2.20. The highest BCUT2D eigenvalue weighted by molar-refractivity contribution is 6.45. The van der Waals surface area contributed by atoms with Crippen molar-refractivity contribution in [2.75, 3.05) is 0 Å². The lowest BCUT2D eigenvalue weighted by molar-refractivity contribution is 1.58. The van der Waals surface area contributed by atoms with Gasteiger partial charge in [-0.05, 0) is 258 Å². The lowest BCUT2D eigenvalue weighted by Crippen LogP contribution is -1.93. The number of fused-ring (bicyclic) bond motifs is 9. The maximum absolute atomic E-state index is 2.61. The van der Waals surface area contributed by atoms with Crippen molar-refractivity contribution in [2.24, 2.45) is 0 Å². The molecule has 0 aromatic heterocycles. The van der Waals surface area contributed by atoms with Crippen molar-refractivity contribution in [1.82, 2.24) is 0 Å². The Kier molecular flexibility index (Phi) is 9.61. The molecule has 0 fully saturated rings. The highest BCUT2D eigenvalue weighted by Crippen LogP contribution is 2.56. The van der Waals surface area contributed by atoms with Crippen LogP contribution in [0.2, 0.25) is 0 Å². The Labute approximate surface area is 474 Å². The molecule has 0 aliphatic carbocycles. The average Bonchev–Trinajstić information content (AvgIpc) is 2.31. The zero-order chi connectivity index (χ0) is 53.6. The summed E-state index contributed by atoms with van der Waals surface area (Å²) in [7, 11) is 0. The van der Waals surface area contributed by atoms with Gasteiger partial charge in [-0.15, -0.1) is 0 Å². The van der Waals surface area contributed by atoms with Crippen LogP contribution in [-0.2, 0) is 0 Å². The number of hydrogen-bond acceptors (Lipinski definition) is 0. The van der Waals surface area contributed by atoms with Crippen molar-refractivity contribution in [1.29, 1.82) is 0 Å². The Balaban J connectivity index is 1.08. The van der Waals surface area contributed by atoms with E-state index in [1.165, 1.54) is 186 Å². The predicted octanol–water partition coefficient (Wildman–Crippen LogP) is 23.2. The predicted molar refractivity (Wildman–Crippen MR) is 353 cm³/mol. The Morgan fingerprint density at radius 1 is 0.122 bits per heavy atom. The summed E-state index contributed by atoms with van der Waals surface area (Å²) in [5, 5.41) is 25.7. The van der Waals surface area contributed by atoms with Crippen LogP contribution in [0.4, 0.5) is 0 Å². The monoisotopic (exact) mass is 1030 g/mol. The van der Waals surface area contributed by atoms with Crippen LogP contribution in [0, 0.1) is 0 Å². The van der Waals surface area contributed by atoms with Crippen molar-refractivity contribution in [2.45, 2.75) is 0 Å². The smallest absolute Gasteiger partial charge is 0.000718 e. The molecule has 0 nitrogen and oxygen atoms in total. The Hall–Kier alpha value is -10.7. The van der Waals surface area contributed by atoms with Gasteiger partial charge in [0.05, 0.1) is 0 Å². The van der Waals surface area contributed by atoms with Gasteiger partial charge in [0.25, 0.3) is 0 Å². The van der Waals surface area contributed by atoms with E-state index in [1.54, 1.807) is 0 Å². The third-order valence-electron chi connectivity index (χ3n) is 18.1. The Morgan fingerprint density at radius 2 is 0.512 bits per heavy atom. The van der Waals surface area contributed by atoms with E-state index in [0.29, 0.717) is 0 Å². The summed E-state index contributed by atoms with van der Waals surface area (Å²) in [5.74, 6) is 0. The molecule has 0 unspecified atom stereocenters. The van der Waals surface area contributed by atoms with Gasteiger partial charge in [0, 0.05) is 0 Å². The molecule has 0 bridgehead atoms. The molecule has 18 aromatic carbocycles. The van der Waals surface area contributed by atoms with Crippen LogP contribution in [0.1, 0.15) is 0 Å². The van der Waals surface area contributed by atoms with Gasteiger partial charge in [-0.1, -0.05) is 218 Å². The molecule has 0 radical (unpaired) electrons. The van der Waals surface area contributed by atoms with Gasteiger partial charge in [0.1, 0.15) is 0 Å². The minimum absolute atomic E-state index is 1.19. The third kappa shape index (κ3) is 6.67. The molecule has 0 spiro atoms. The van der Waals surface area contributed by atoms with E-state index in [-0.39, 0.29) is 0 Å². The fourth-order valence-electron chi connectivity index (χ4n) is 14.6. The van der Waals surface area contributed by atoms with Gasteiger partial charge in [-0.2, -0.15) is 0 Å². The van der Waals surface area contributed by atoms with Gasteiger partial charge < -0.3 is 0 Å². The minimum Gasteiger partial charge on any atom is -0.0622 e. The standard InChI is InChI=1S/C82H48/c1-6-19-49(20-7-1)57-37-56-34-33-54-35-36-67-69-47-72-73(48-70(69)71-46-64(44-57)75(56)78(54)80(67)71)76(62-40-58(50-21-8-2-9-22-50)38-59(41-62)51-23-10-3-11-24-51)81-68-32-18-31-66-65-30-17-16-29-55(65)45-74(79(66)68)82(81)77(72)63-42-60(52-25-12-4-13-26-52)39-61(43-63)53-27-14-5-15-28-53/h1-48H. The summed E-state index contributed by atoms with van der Waals surface area (Å²) in [6.45, 7) is 0. The van der Waals surface area contributed by atoms with Crippen molar-refractivity contribution in [3.8, 4) is 77.9 Å². The molecule has 82 heavy (non-hydrogen) atoms. The quantitative estimate of drug-likeness (QED) is 0.140. The van der Waals surface area contributed by atoms with Crippen molar-refractivity contribution in [3.05, 3.63) is 291 Å². The van der Waals surface area contributed by atoms with Crippen LogP contribution in [-0.4, -0.2) is 0 Å². The fourth-order valence-corrected chi connectivity index (χ4v) is 14.6.